The molecule has 0 heterocycles. The zero-order valence-corrected chi connectivity index (χ0v) is 6.58. The number of carbonyl (C=O) groups is 2. The molecule has 0 aromatic carbocycles. The molecule has 0 aromatic heterocycles. The molecule has 2 atom stereocenters. The van der Waals surface area contributed by atoms with Crippen LogP contribution in [0.3, 0.4) is 0 Å². The van der Waals surface area contributed by atoms with Crippen molar-refractivity contribution in [1.29, 1.82) is 0 Å². The van der Waals surface area contributed by atoms with Gasteiger partial charge < -0.3 is 25.2 Å². The van der Waals surface area contributed by atoms with Gasteiger partial charge in [-0.05, 0) is 0 Å². The van der Waals surface area contributed by atoms with Crippen LogP contribution in [0.1, 0.15) is 0 Å². The van der Waals surface area contributed by atoms with Crippen LogP contribution in [0.4, 0.5) is 0 Å². The molecule has 0 unspecified atom stereocenters. The highest BCUT2D eigenvalue weighted by atomic mass is 16.5. The molecule has 0 aromatic rings. The molecule has 0 spiro atoms. The Kier molecular flexibility index (Phi) is 4.97. The summed E-state index contributed by atoms with van der Waals surface area (Å²) in [5.74, 6) is -2.88. The summed E-state index contributed by atoms with van der Waals surface area (Å²) < 4.78 is 4.31. The number of hydrogen-bond acceptors (Lipinski definition) is 5. The van der Waals surface area contributed by atoms with E-state index in [1.165, 1.54) is 0 Å². The average Bonchev–Trinajstić information content (AvgIpc) is 2.03. The predicted molar refractivity (Wildman–Crippen MR) is 38.1 cm³/mol. The summed E-state index contributed by atoms with van der Waals surface area (Å²) >= 11 is 0. The second-order valence-corrected chi connectivity index (χ2v) is 2.21. The fourth-order valence-corrected chi connectivity index (χ4v) is 0.604. The highest BCUT2D eigenvalue weighted by molar-refractivity contribution is 5.74. The molecule has 76 valence electrons. The molecule has 0 saturated carbocycles. The molecule has 13 heavy (non-hydrogen) atoms. The maximum atomic E-state index is 10.3. The molecule has 0 bridgehead atoms. The Labute approximate surface area is 73.2 Å². The van der Waals surface area contributed by atoms with E-state index in [9.17, 15) is 9.59 Å². The maximum absolute atomic E-state index is 10.3. The van der Waals surface area contributed by atoms with E-state index in [-0.39, 0.29) is 0 Å². The molecular formula is C6H10O7. The molecule has 0 fully saturated rings. The van der Waals surface area contributed by atoms with E-state index in [0.29, 0.717) is 0 Å². The number of aliphatic carboxylic acids is 2. The van der Waals surface area contributed by atoms with E-state index in [4.69, 9.17) is 20.4 Å². The van der Waals surface area contributed by atoms with Gasteiger partial charge in [0.1, 0.15) is 12.7 Å². The fraction of sp³-hybridized carbons (Fsp3) is 0.667. The van der Waals surface area contributed by atoms with E-state index in [1.807, 2.05) is 0 Å². The van der Waals surface area contributed by atoms with Crippen molar-refractivity contribution in [2.45, 2.75) is 12.2 Å². The lowest BCUT2D eigenvalue weighted by Crippen LogP contribution is -2.39. The second kappa shape index (κ2) is 5.46. The number of rotatable bonds is 6. The van der Waals surface area contributed by atoms with E-state index in [0.717, 1.165) is 0 Å². The normalized spacial score (nSPS) is 14.9. The van der Waals surface area contributed by atoms with Crippen molar-refractivity contribution in [3.63, 3.8) is 0 Å². The van der Waals surface area contributed by atoms with E-state index in [1.54, 1.807) is 0 Å². The summed E-state index contributed by atoms with van der Waals surface area (Å²) in [6.07, 6.45) is -3.35. The van der Waals surface area contributed by atoms with E-state index < -0.39 is 37.4 Å². The van der Waals surface area contributed by atoms with E-state index >= 15 is 0 Å². The van der Waals surface area contributed by atoms with Gasteiger partial charge in [-0.2, -0.15) is 0 Å². The first-order chi connectivity index (χ1) is 5.99. The van der Waals surface area contributed by atoms with Gasteiger partial charge in [-0.1, -0.05) is 0 Å². The number of carboxylic acid groups (broad SMARTS) is 2. The van der Waals surface area contributed by atoms with Gasteiger partial charge in [-0.25, -0.2) is 9.59 Å². The largest absolute Gasteiger partial charge is 0.480 e. The van der Waals surface area contributed by atoms with Crippen LogP contribution in [-0.2, 0) is 14.3 Å². The zero-order valence-electron chi connectivity index (χ0n) is 6.58. The summed E-state index contributed by atoms with van der Waals surface area (Å²) in [7, 11) is 0. The average molecular weight is 194 g/mol. The minimum atomic E-state index is -1.72. The third-order valence-corrected chi connectivity index (χ3v) is 1.17. The van der Waals surface area contributed by atoms with Crippen molar-refractivity contribution in [3.8, 4) is 0 Å². The lowest BCUT2D eigenvalue weighted by atomic mass is 10.2. The Morgan fingerprint density at radius 1 is 1.31 bits per heavy atom. The van der Waals surface area contributed by atoms with E-state index in [2.05, 4.69) is 4.74 Å². The lowest BCUT2D eigenvalue weighted by molar-refractivity contribution is -0.165. The number of ether oxygens (including phenoxy) is 1. The molecule has 0 amide bonds. The molecule has 4 N–H and O–H groups in total. The minimum absolute atomic E-state index is 0.809. The van der Waals surface area contributed by atoms with Crippen LogP contribution in [0, 0.1) is 0 Å². The van der Waals surface area contributed by atoms with Gasteiger partial charge in [0.05, 0.1) is 6.61 Å². The van der Waals surface area contributed by atoms with Gasteiger partial charge in [0.15, 0.2) is 6.10 Å². The van der Waals surface area contributed by atoms with Crippen molar-refractivity contribution in [3.05, 3.63) is 0 Å². The topological polar surface area (TPSA) is 124 Å². The van der Waals surface area contributed by atoms with Crippen molar-refractivity contribution in [2.24, 2.45) is 0 Å². The molecular weight excluding hydrogens is 184 g/mol. The molecule has 0 radical (unpaired) electrons. The van der Waals surface area contributed by atoms with Crippen LogP contribution in [0.5, 0.6) is 0 Å². The standard InChI is InChI=1S/C6H10O7/c7-1-3(8)5(6(11)12)13-2-4(9)10/h3,5,7-8H,1-2H2,(H,9,10)(H,11,12)/t3-,5-/m1/s1. The monoisotopic (exact) mass is 194 g/mol. The lowest BCUT2D eigenvalue weighted by Gasteiger charge is -2.16. The van der Waals surface area contributed by atoms with Gasteiger partial charge in [0.2, 0.25) is 0 Å². The Bertz CT molecular complexity index is 189. The smallest absolute Gasteiger partial charge is 0.335 e. The molecule has 0 aliphatic carbocycles. The van der Waals surface area contributed by atoms with Crippen LogP contribution in [0.2, 0.25) is 0 Å². The third kappa shape index (κ3) is 4.41. The number of aliphatic hydroxyl groups excluding tert-OH is 2. The van der Waals surface area contributed by atoms with Gasteiger partial charge >= 0.3 is 11.9 Å². The fourth-order valence-electron chi connectivity index (χ4n) is 0.604. The first-order valence-electron chi connectivity index (χ1n) is 3.34. The Morgan fingerprint density at radius 2 is 1.85 bits per heavy atom. The molecule has 7 nitrogen and oxygen atoms in total. The first kappa shape index (κ1) is 11.8. The first-order valence-corrected chi connectivity index (χ1v) is 3.34. The molecule has 0 aliphatic heterocycles. The zero-order chi connectivity index (χ0) is 10.4. The van der Waals surface area contributed by atoms with Crippen molar-refractivity contribution in [2.75, 3.05) is 13.2 Å². The van der Waals surface area contributed by atoms with Crippen LogP contribution < -0.4 is 0 Å². The van der Waals surface area contributed by atoms with Crippen molar-refractivity contribution >= 4 is 11.9 Å². The van der Waals surface area contributed by atoms with Crippen LogP contribution in [0.15, 0.2) is 0 Å². The number of hydrogen-bond donors (Lipinski definition) is 4. The summed E-state index contributed by atoms with van der Waals surface area (Å²) in [5.41, 5.74) is 0. The summed E-state index contributed by atoms with van der Waals surface area (Å²) in [6.45, 7) is -1.65. The minimum Gasteiger partial charge on any atom is -0.480 e. The molecule has 0 aliphatic rings. The van der Waals surface area contributed by atoms with Crippen molar-refractivity contribution in [1.82, 2.24) is 0 Å². The van der Waals surface area contributed by atoms with Gasteiger partial charge in [-0.3, -0.25) is 0 Å². The Hall–Kier alpha value is -1.18. The third-order valence-electron chi connectivity index (χ3n) is 1.17. The highest BCUT2D eigenvalue weighted by Crippen LogP contribution is 1.99. The maximum Gasteiger partial charge on any atom is 0.335 e. The van der Waals surface area contributed by atoms with Crippen LogP contribution in [0.25, 0.3) is 0 Å². The van der Waals surface area contributed by atoms with Gasteiger partial charge in [0, 0.05) is 0 Å². The molecule has 7 heteroatoms. The Balaban J connectivity index is 4.10. The SMILES string of the molecule is O=C(O)CO[C@@H](C(=O)O)[C@H](O)CO. The van der Waals surface area contributed by atoms with Crippen LogP contribution >= 0.6 is 0 Å². The second-order valence-electron chi connectivity index (χ2n) is 2.21. The van der Waals surface area contributed by atoms with Crippen LogP contribution in [-0.4, -0.2) is 57.8 Å². The van der Waals surface area contributed by atoms with Gasteiger partial charge in [0.25, 0.3) is 0 Å². The summed E-state index contributed by atoms with van der Waals surface area (Å²) in [5, 5.41) is 33.8. The quantitative estimate of drug-likeness (QED) is 0.381. The molecule has 0 saturated heterocycles. The number of aliphatic hydroxyl groups is 2. The highest BCUT2D eigenvalue weighted by Gasteiger charge is 2.27. The predicted octanol–water partition coefficient (Wildman–Crippen LogP) is -2.11. The van der Waals surface area contributed by atoms with Gasteiger partial charge in [-0.15, -0.1) is 0 Å². The summed E-state index contributed by atoms with van der Waals surface area (Å²) in [6, 6.07) is 0. The Morgan fingerprint density at radius 3 is 2.15 bits per heavy atom. The summed E-state index contributed by atoms with van der Waals surface area (Å²) in [4.78, 5) is 20.3. The van der Waals surface area contributed by atoms with Crippen molar-refractivity contribution < 1.29 is 34.8 Å². The molecule has 0 rings (SSSR count). The number of carboxylic acids is 2.